The van der Waals surface area contributed by atoms with Crippen molar-refractivity contribution >= 4 is 5.90 Å². The molecule has 18 heavy (non-hydrogen) atoms. The number of hydrogen-bond donors (Lipinski definition) is 0. The molecule has 2 aliphatic rings. The number of nitrogens with zero attached hydrogens (tertiary/aromatic N) is 1. The quantitative estimate of drug-likeness (QED) is 0.397. The van der Waals surface area contributed by atoms with Crippen molar-refractivity contribution in [2.45, 2.75) is 31.9 Å². The summed E-state index contributed by atoms with van der Waals surface area (Å²) in [4.78, 5) is 4.58. The predicted octanol–water partition coefficient (Wildman–Crippen LogP) is -0.433. The Labute approximate surface area is 120 Å². The summed E-state index contributed by atoms with van der Waals surface area (Å²) in [5, 5.41) is 0. The molecule has 1 aromatic carbocycles. The van der Waals surface area contributed by atoms with Crippen LogP contribution in [0.1, 0.15) is 26.3 Å². The van der Waals surface area contributed by atoms with Gasteiger partial charge in [-0.05, 0) is 26.9 Å². The van der Waals surface area contributed by atoms with Crippen LogP contribution < -0.4 is 18.9 Å². The van der Waals surface area contributed by atoms with Gasteiger partial charge < -0.3 is 9.47 Å². The van der Waals surface area contributed by atoms with E-state index >= 15 is 0 Å². The molecule has 4 heteroatoms. The molecular formula is C14H16LiNO2. The topological polar surface area (TPSA) is 34.1 Å². The van der Waals surface area contributed by atoms with E-state index in [0.717, 1.165) is 11.7 Å². The summed E-state index contributed by atoms with van der Waals surface area (Å²) in [6.45, 7) is 6.76. The second-order valence-electron chi connectivity index (χ2n) is 5.35. The van der Waals surface area contributed by atoms with Crippen molar-refractivity contribution < 1.29 is 28.3 Å². The molecule has 0 unspecified atom stereocenters. The van der Waals surface area contributed by atoms with Crippen molar-refractivity contribution in [3.63, 3.8) is 0 Å². The molecule has 1 aromatic rings. The van der Waals surface area contributed by atoms with Gasteiger partial charge in [0.1, 0.15) is 12.2 Å². The Hall–Kier alpha value is -0.883. The normalized spacial score (nSPS) is 28.2. The van der Waals surface area contributed by atoms with Crippen LogP contribution >= 0.6 is 0 Å². The summed E-state index contributed by atoms with van der Waals surface area (Å²) in [7, 11) is 0. The van der Waals surface area contributed by atoms with E-state index in [1.54, 1.807) is 0 Å². The second-order valence-corrected chi connectivity index (χ2v) is 5.35. The van der Waals surface area contributed by atoms with Gasteiger partial charge in [-0.2, -0.15) is 17.7 Å². The molecule has 0 saturated carbocycles. The van der Waals surface area contributed by atoms with Gasteiger partial charge in [-0.15, -0.1) is 12.1 Å². The Bertz CT molecular complexity index is 472. The van der Waals surface area contributed by atoms with E-state index < -0.39 is 5.60 Å². The Morgan fingerprint density at radius 3 is 2.39 bits per heavy atom. The molecule has 2 heterocycles. The van der Waals surface area contributed by atoms with Gasteiger partial charge in [0.05, 0.1) is 5.54 Å². The molecular weight excluding hydrogens is 221 g/mol. The van der Waals surface area contributed by atoms with E-state index in [0.29, 0.717) is 12.5 Å². The minimum Gasteiger partial charge on any atom is -0.477 e. The van der Waals surface area contributed by atoms with E-state index in [4.69, 9.17) is 9.47 Å². The van der Waals surface area contributed by atoms with Gasteiger partial charge in [-0.25, -0.2) is 4.99 Å². The van der Waals surface area contributed by atoms with Crippen molar-refractivity contribution in [1.82, 2.24) is 0 Å². The van der Waals surface area contributed by atoms with Crippen LogP contribution in [0, 0.1) is 6.10 Å². The van der Waals surface area contributed by atoms with Crippen LogP contribution in [-0.4, -0.2) is 23.6 Å². The number of epoxide rings is 1. The van der Waals surface area contributed by atoms with E-state index in [1.807, 2.05) is 37.3 Å². The second kappa shape index (κ2) is 4.34. The molecule has 0 aliphatic carbocycles. The Morgan fingerprint density at radius 2 is 1.83 bits per heavy atom. The zero-order chi connectivity index (χ0) is 12.1. The first-order chi connectivity index (χ1) is 8.01. The van der Waals surface area contributed by atoms with Crippen LogP contribution in [0.5, 0.6) is 0 Å². The Kier molecular flexibility index (Phi) is 3.27. The third kappa shape index (κ3) is 2.19. The van der Waals surface area contributed by atoms with Crippen LogP contribution in [0.4, 0.5) is 0 Å². The van der Waals surface area contributed by atoms with E-state index in [-0.39, 0.29) is 24.4 Å². The van der Waals surface area contributed by atoms with Crippen LogP contribution in [0.25, 0.3) is 0 Å². The van der Waals surface area contributed by atoms with Gasteiger partial charge in [-0.1, -0.05) is 6.07 Å². The van der Waals surface area contributed by atoms with E-state index in [1.165, 1.54) is 0 Å². The van der Waals surface area contributed by atoms with Crippen LogP contribution in [0.15, 0.2) is 35.3 Å². The van der Waals surface area contributed by atoms with Crippen molar-refractivity contribution in [3.05, 3.63) is 42.0 Å². The summed E-state index contributed by atoms with van der Waals surface area (Å²) >= 11 is 0. The predicted molar refractivity (Wildman–Crippen MR) is 65.7 cm³/mol. The summed E-state index contributed by atoms with van der Waals surface area (Å²) in [5.41, 5.74) is 0.521. The third-order valence-corrected chi connectivity index (χ3v) is 3.11. The van der Waals surface area contributed by atoms with Crippen molar-refractivity contribution in [2.24, 2.45) is 4.99 Å². The molecule has 2 aliphatic heterocycles. The fourth-order valence-corrected chi connectivity index (χ4v) is 2.07. The molecule has 90 valence electrons. The molecule has 1 fully saturated rings. The monoisotopic (exact) mass is 237 g/mol. The molecule has 3 rings (SSSR count). The number of hydrogen-bond acceptors (Lipinski definition) is 3. The van der Waals surface area contributed by atoms with Gasteiger partial charge >= 0.3 is 18.9 Å². The average Bonchev–Trinajstić information content (AvgIpc) is 2.86. The Morgan fingerprint density at radius 1 is 1.17 bits per heavy atom. The number of ether oxygens (including phenoxy) is 2. The van der Waals surface area contributed by atoms with Crippen molar-refractivity contribution in [2.75, 3.05) is 6.61 Å². The third-order valence-electron chi connectivity index (χ3n) is 3.11. The maximum absolute atomic E-state index is 5.73. The van der Waals surface area contributed by atoms with Gasteiger partial charge in [0.15, 0.2) is 0 Å². The van der Waals surface area contributed by atoms with Gasteiger partial charge in [-0.3, -0.25) is 0 Å². The van der Waals surface area contributed by atoms with Crippen LogP contribution in [0.3, 0.4) is 0 Å². The molecule has 1 saturated heterocycles. The molecule has 0 spiro atoms. The molecule has 0 aromatic heterocycles. The first kappa shape index (κ1) is 13.5. The van der Waals surface area contributed by atoms with E-state index in [2.05, 4.69) is 18.8 Å². The maximum atomic E-state index is 5.73. The summed E-state index contributed by atoms with van der Waals surface area (Å²) in [6.07, 6.45) is 0.953. The number of aliphatic imine (C=N–C) groups is 1. The summed E-state index contributed by atoms with van der Waals surface area (Å²) < 4.78 is 11.4. The van der Waals surface area contributed by atoms with Crippen molar-refractivity contribution in [3.8, 4) is 0 Å². The van der Waals surface area contributed by atoms with Gasteiger partial charge in [0.2, 0.25) is 5.90 Å². The van der Waals surface area contributed by atoms with Crippen LogP contribution in [-0.2, 0) is 9.47 Å². The molecule has 1 atom stereocenters. The fourth-order valence-electron chi connectivity index (χ4n) is 2.07. The summed E-state index contributed by atoms with van der Waals surface area (Å²) in [6, 6.07) is 10.1. The standard InChI is InChI=1S/C14H16NO2.Li/c1-13(2)9-16-12(15-13)14(3)11(17-14)10-7-5-4-6-8-10;/h4-8H,9H2,1-3H3;/q-1;+1/t14-;/m0./s1. The first-order valence-corrected chi connectivity index (χ1v) is 5.86. The number of rotatable bonds is 2. The zero-order valence-corrected chi connectivity index (χ0v) is 11.4. The SMILES string of the molecule is CC1(C)COC([C@@]2(C)O[C-]2c2ccccc2)=N1.[Li+]. The minimum atomic E-state index is -0.449. The largest absolute Gasteiger partial charge is 1.00 e. The fraction of sp³-hybridized carbons (Fsp3) is 0.429. The first-order valence-electron chi connectivity index (χ1n) is 5.86. The zero-order valence-electron chi connectivity index (χ0n) is 11.4. The van der Waals surface area contributed by atoms with Gasteiger partial charge in [0, 0.05) is 0 Å². The summed E-state index contributed by atoms with van der Waals surface area (Å²) in [5.74, 6) is 0.710. The Balaban J connectivity index is 0.00000120. The van der Waals surface area contributed by atoms with Gasteiger partial charge in [0.25, 0.3) is 0 Å². The maximum Gasteiger partial charge on any atom is 1.00 e. The van der Waals surface area contributed by atoms with Crippen molar-refractivity contribution in [1.29, 1.82) is 0 Å². The molecule has 0 N–H and O–H groups in total. The molecule has 0 radical (unpaired) electrons. The smallest absolute Gasteiger partial charge is 0.477 e. The minimum absolute atomic E-state index is 0. The van der Waals surface area contributed by atoms with E-state index in [9.17, 15) is 0 Å². The number of benzene rings is 1. The molecule has 0 amide bonds. The molecule has 3 nitrogen and oxygen atoms in total. The van der Waals surface area contributed by atoms with Crippen LogP contribution in [0.2, 0.25) is 0 Å². The average molecular weight is 237 g/mol. The molecule has 0 bridgehead atoms.